The molecule has 2 atom stereocenters. The molecule has 0 amide bonds. The van der Waals surface area contributed by atoms with E-state index in [1.54, 1.807) is 0 Å². The summed E-state index contributed by atoms with van der Waals surface area (Å²) >= 11 is 0. The molecule has 0 aliphatic carbocycles. The van der Waals surface area contributed by atoms with Crippen LogP contribution in [0.5, 0.6) is 0 Å². The average molecular weight is 254 g/mol. The summed E-state index contributed by atoms with van der Waals surface area (Å²) in [5.74, 6) is 0. The molecule has 0 aromatic heterocycles. The summed E-state index contributed by atoms with van der Waals surface area (Å²) in [7, 11) is 0. The van der Waals surface area contributed by atoms with Crippen molar-refractivity contribution in [2.75, 3.05) is 6.54 Å². The highest BCUT2D eigenvalue weighted by atomic mass is 14.9. The second-order valence-electron chi connectivity index (χ2n) is 5.60. The average Bonchev–Trinajstić information content (AvgIpc) is 2.48. The van der Waals surface area contributed by atoms with Crippen molar-refractivity contribution in [3.05, 3.63) is 48.0 Å². The predicted molar refractivity (Wildman–Crippen MR) is 81.1 cm³/mol. The molecule has 2 heteroatoms. The van der Waals surface area contributed by atoms with Crippen LogP contribution in [0.3, 0.4) is 0 Å². The van der Waals surface area contributed by atoms with Gasteiger partial charge in [-0.15, -0.1) is 0 Å². The van der Waals surface area contributed by atoms with Gasteiger partial charge in [-0.3, -0.25) is 0 Å². The zero-order valence-electron chi connectivity index (χ0n) is 11.3. The van der Waals surface area contributed by atoms with E-state index in [0.717, 1.165) is 13.0 Å². The van der Waals surface area contributed by atoms with Crippen LogP contribution in [0.2, 0.25) is 0 Å². The molecule has 3 rings (SSSR count). The molecule has 0 spiro atoms. The number of nitrogens with two attached hydrogens (primary N) is 1. The zero-order valence-corrected chi connectivity index (χ0v) is 11.3. The monoisotopic (exact) mass is 254 g/mol. The molecule has 2 aromatic rings. The molecule has 3 N–H and O–H groups in total. The molecule has 100 valence electrons. The Morgan fingerprint density at radius 3 is 2.74 bits per heavy atom. The van der Waals surface area contributed by atoms with Crippen LogP contribution in [-0.2, 0) is 0 Å². The van der Waals surface area contributed by atoms with Gasteiger partial charge in [-0.05, 0) is 48.2 Å². The van der Waals surface area contributed by atoms with Crippen LogP contribution in [0.25, 0.3) is 10.8 Å². The summed E-state index contributed by atoms with van der Waals surface area (Å²) in [5, 5.41) is 6.15. The summed E-state index contributed by atoms with van der Waals surface area (Å²) < 4.78 is 0. The van der Waals surface area contributed by atoms with E-state index in [1.807, 2.05) is 0 Å². The van der Waals surface area contributed by atoms with Gasteiger partial charge in [0.1, 0.15) is 0 Å². The fraction of sp³-hybridized carbons (Fsp3) is 0.412. The van der Waals surface area contributed by atoms with Gasteiger partial charge >= 0.3 is 0 Å². The minimum atomic E-state index is 0.139. The second kappa shape index (κ2) is 5.72. The molecule has 2 nitrogen and oxygen atoms in total. The maximum atomic E-state index is 6.38. The van der Waals surface area contributed by atoms with Gasteiger partial charge in [-0.2, -0.15) is 0 Å². The number of nitrogens with one attached hydrogen (secondary N) is 1. The number of hydrogen-bond donors (Lipinski definition) is 2. The number of piperidine rings is 1. The van der Waals surface area contributed by atoms with Crippen LogP contribution >= 0.6 is 0 Å². The second-order valence-corrected chi connectivity index (χ2v) is 5.60. The van der Waals surface area contributed by atoms with Crippen molar-refractivity contribution in [3.63, 3.8) is 0 Å². The Labute approximate surface area is 115 Å². The molecule has 2 unspecified atom stereocenters. The van der Waals surface area contributed by atoms with Gasteiger partial charge in [-0.25, -0.2) is 0 Å². The maximum absolute atomic E-state index is 6.38. The van der Waals surface area contributed by atoms with Crippen molar-refractivity contribution < 1.29 is 0 Å². The minimum Gasteiger partial charge on any atom is -0.324 e. The largest absolute Gasteiger partial charge is 0.324 e. The number of benzene rings is 2. The number of hydrogen-bond acceptors (Lipinski definition) is 2. The van der Waals surface area contributed by atoms with Crippen molar-refractivity contribution in [1.29, 1.82) is 0 Å². The maximum Gasteiger partial charge on any atom is 0.0309 e. The van der Waals surface area contributed by atoms with Gasteiger partial charge in [0.15, 0.2) is 0 Å². The molecule has 1 saturated heterocycles. The SMILES string of the molecule is NC(CC1CCCCN1)c1ccc2ccccc2c1. The molecule has 1 heterocycles. The van der Waals surface area contributed by atoms with E-state index in [-0.39, 0.29) is 6.04 Å². The van der Waals surface area contributed by atoms with Crippen molar-refractivity contribution in [2.45, 2.75) is 37.8 Å². The summed E-state index contributed by atoms with van der Waals surface area (Å²) in [6.07, 6.45) is 4.95. The first kappa shape index (κ1) is 12.6. The Morgan fingerprint density at radius 1 is 1.11 bits per heavy atom. The van der Waals surface area contributed by atoms with Gasteiger partial charge in [0.2, 0.25) is 0 Å². The van der Waals surface area contributed by atoms with Crippen molar-refractivity contribution in [3.8, 4) is 0 Å². The van der Waals surface area contributed by atoms with E-state index in [9.17, 15) is 0 Å². The lowest BCUT2D eigenvalue weighted by Gasteiger charge is -2.26. The van der Waals surface area contributed by atoms with Crippen molar-refractivity contribution in [2.24, 2.45) is 5.73 Å². The summed E-state index contributed by atoms with van der Waals surface area (Å²) in [6.45, 7) is 1.15. The Morgan fingerprint density at radius 2 is 1.95 bits per heavy atom. The Kier molecular flexibility index (Phi) is 3.81. The van der Waals surface area contributed by atoms with Crippen LogP contribution < -0.4 is 11.1 Å². The standard InChI is InChI=1S/C17H22N2/c18-17(12-16-7-3-4-10-19-16)15-9-8-13-5-1-2-6-14(13)11-15/h1-2,5-6,8-9,11,16-17,19H,3-4,7,10,12,18H2. The van der Waals surface area contributed by atoms with Gasteiger partial charge in [0.05, 0.1) is 0 Å². The summed E-state index contributed by atoms with van der Waals surface area (Å²) in [6, 6.07) is 15.8. The summed E-state index contributed by atoms with van der Waals surface area (Å²) in [4.78, 5) is 0. The lowest BCUT2D eigenvalue weighted by molar-refractivity contribution is 0.362. The van der Waals surface area contributed by atoms with E-state index in [0.29, 0.717) is 6.04 Å². The highest BCUT2D eigenvalue weighted by molar-refractivity contribution is 5.83. The molecular formula is C17H22N2. The van der Waals surface area contributed by atoms with Crippen molar-refractivity contribution >= 4 is 10.8 Å². The Bertz CT molecular complexity index is 544. The van der Waals surface area contributed by atoms with Gasteiger partial charge < -0.3 is 11.1 Å². The van der Waals surface area contributed by atoms with E-state index in [2.05, 4.69) is 47.8 Å². The van der Waals surface area contributed by atoms with Gasteiger partial charge in [0.25, 0.3) is 0 Å². The van der Waals surface area contributed by atoms with Crippen LogP contribution in [0.4, 0.5) is 0 Å². The number of rotatable bonds is 3. The molecule has 1 aliphatic heterocycles. The fourth-order valence-corrected chi connectivity index (χ4v) is 3.01. The topological polar surface area (TPSA) is 38.0 Å². The fourth-order valence-electron chi connectivity index (χ4n) is 3.01. The third kappa shape index (κ3) is 2.96. The molecule has 0 saturated carbocycles. The quantitative estimate of drug-likeness (QED) is 0.881. The molecule has 19 heavy (non-hydrogen) atoms. The molecule has 1 fully saturated rings. The molecule has 0 bridgehead atoms. The predicted octanol–water partition coefficient (Wildman–Crippen LogP) is 3.37. The number of fused-ring (bicyclic) bond motifs is 1. The first-order valence-corrected chi connectivity index (χ1v) is 7.30. The van der Waals surface area contributed by atoms with Gasteiger partial charge in [0, 0.05) is 12.1 Å². The van der Waals surface area contributed by atoms with Gasteiger partial charge in [-0.1, -0.05) is 42.8 Å². The van der Waals surface area contributed by atoms with E-state index in [1.165, 1.54) is 35.6 Å². The Balaban J connectivity index is 1.75. The smallest absolute Gasteiger partial charge is 0.0309 e. The molecular weight excluding hydrogens is 232 g/mol. The van der Waals surface area contributed by atoms with E-state index in [4.69, 9.17) is 5.73 Å². The van der Waals surface area contributed by atoms with E-state index < -0.39 is 0 Å². The Hall–Kier alpha value is -1.38. The van der Waals surface area contributed by atoms with Crippen LogP contribution in [0.1, 0.15) is 37.3 Å². The lowest BCUT2D eigenvalue weighted by Crippen LogP contribution is -2.36. The highest BCUT2D eigenvalue weighted by Crippen LogP contribution is 2.23. The van der Waals surface area contributed by atoms with Crippen LogP contribution in [0, 0.1) is 0 Å². The third-order valence-corrected chi connectivity index (χ3v) is 4.15. The molecule has 1 aliphatic rings. The molecule has 2 aromatic carbocycles. The molecule has 0 radical (unpaired) electrons. The first-order valence-electron chi connectivity index (χ1n) is 7.30. The normalized spacial score (nSPS) is 21.4. The third-order valence-electron chi connectivity index (χ3n) is 4.15. The van der Waals surface area contributed by atoms with E-state index >= 15 is 0 Å². The van der Waals surface area contributed by atoms with Crippen molar-refractivity contribution in [1.82, 2.24) is 5.32 Å². The van der Waals surface area contributed by atoms with Crippen LogP contribution in [0.15, 0.2) is 42.5 Å². The summed E-state index contributed by atoms with van der Waals surface area (Å²) in [5.41, 5.74) is 7.63. The van der Waals surface area contributed by atoms with Crippen LogP contribution in [-0.4, -0.2) is 12.6 Å². The zero-order chi connectivity index (χ0) is 13.1. The lowest BCUT2D eigenvalue weighted by atomic mass is 9.93. The first-order chi connectivity index (χ1) is 9.33. The highest BCUT2D eigenvalue weighted by Gasteiger charge is 2.17. The minimum absolute atomic E-state index is 0.139.